The van der Waals surface area contributed by atoms with Crippen molar-refractivity contribution < 1.29 is 5.21 Å². The average molecular weight is 228 g/mol. The van der Waals surface area contributed by atoms with Crippen LogP contribution in [0.2, 0.25) is 0 Å². The van der Waals surface area contributed by atoms with E-state index in [9.17, 15) is 10.5 Å². The number of hydrogen-bond acceptors (Lipinski definition) is 3. The molecule has 0 unspecified atom stereocenters. The van der Waals surface area contributed by atoms with Crippen LogP contribution in [0.25, 0.3) is 5.57 Å². The first-order chi connectivity index (χ1) is 8.20. The monoisotopic (exact) mass is 228 g/mol. The van der Waals surface area contributed by atoms with Crippen LogP contribution in [0.4, 0.5) is 0 Å². The molecule has 0 saturated carbocycles. The molecule has 0 aliphatic carbocycles. The van der Waals surface area contributed by atoms with Gasteiger partial charge in [0.15, 0.2) is 0 Å². The van der Waals surface area contributed by atoms with Gasteiger partial charge in [0.05, 0.1) is 11.6 Å². The van der Waals surface area contributed by atoms with E-state index >= 15 is 0 Å². The van der Waals surface area contributed by atoms with Crippen molar-refractivity contribution in [3.63, 3.8) is 0 Å². The third-order valence-corrected chi connectivity index (χ3v) is 3.12. The maximum absolute atomic E-state index is 9.32. The maximum atomic E-state index is 9.32. The van der Waals surface area contributed by atoms with Crippen molar-refractivity contribution in [3.8, 4) is 6.07 Å². The van der Waals surface area contributed by atoms with Gasteiger partial charge in [0.1, 0.15) is 0 Å². The molecule has 1 saturated heterocycles. The summed E-state index contributed by atoms with van der Waals surface area (Å²) in [7, 11) is 0. The zero-order valence-electron chi connectivity index (χ0n) is 9.98. The maximum Gasteiger partial charge on any atom is 0.0997 e. The number of nitriles is 1. The molecule has 0 atom stereocenters. The van der Waals surface area contributed by atoms with Gasteiger partial charge in [-0.15, -0.1) is 0 Å². The summed E-state index contributed by atoms with van der Waals surface area (Å²) >= 11 is 0. The van der Waals surface area contributed by atoms with Gasteiger partial charge in [-0.3, -0.25) is 0 Å². The fourth-order valence-corrected chi connectivity index (χ4v) is 2.16. The first-order valence-electron chi connectivity index (χ1n) is 5.83. The van der Waals surface area contributed by atoms with Crippen LogP contribution in [-0.4, -0.2) is 23.4 Å². The Morgan fingerprint density at radius 2 is 2.06 bits per heavy atom. The normalized spacial score (nSPS) is 16.6. The summed E-state index contributed by atoms with van der Waals surface area (Å²) < 4.78 is 0. The van der Waals surface area contributed by atoms with Gasteiger partial charge in [-0.2, -0.15) is 10.3 Å². The van der Waals surface area contributed by atoms with Crippen molar-refractivity contribution in [2.75, 3.05) is 13.1 Å². The van der Waals surface area contributed by atoms with Crippen LogP contribution in [-0.2, 0) is 0 Å². The highest BCUT2D eigenvalue weighted by atomic mass is 16.5. The summed E-state index contributed by atoms with van der Waals surface area (Å²) in [5, 5.41) is 19.9. The van der Waals surface area contributed by atoms with Gasteiger partial charge < -0.3 is 5.21 Å². The van der Waals surface area contributed by atoms with Gasteiger partial charge in [0.25, 0.3) is 0 Å². The Morgan fingerprint density at radius 1 is 1.35 bits per heavy atom. The van der Waals surface area contributed by atoms with Crippen molar-refractivity contribution in [2.24, 2.45) is 0 Å². The minimum atomic E-state index is 0.617. The Labute approximate surface area is 102 Å². The molecular weight excluding hydrogens is 212 g/mol. The lowest BCUT2D eigenvalue weighted by molar-refractivity contribution is -0.0958. The fraction of sp³-hybridized carbons (Fsp3) is 0.357. The van der Waals surface area contributed by atoms with E-state index in [0.717, 1.165) is 35.1 Å². The summed E-state index contributed by atoms with van der Waals surface area (Å²) in [6.45, 7) is 3.26. The first kappa shape index (κ1) is 11.8. The summed E-state index contributed by atoms with van der Waals surface area (Å²) in [5.74, 6) is 0. The van der Waals surface area contributed by atoms with Gasteiger partial charge >= 0.3 is 0 Å². The van der Waals surface area contributed by atoms with E-state index < -0.39 is 0 Å². The highest BCUT2D eigenvalue weighted by Crippen LogP contribution is 2.26. The van der Waals surface area contributed by atoms with Gasteiger partial charge in [0, 0.05) is 13.1 Å². The Morgan fingerprint density at radius 3 is 2.65 bits per heavy atom. The van der Waals surface area contributed by atoms with E-state index in [4.69, 9.17) is 0 Å². The molecule has 1 aliphatic rings. The smallest absolute Gasteiger partial charge is 0.0997 e. The Hall–Kier alpha value is -1.63. The van der Waals surface area contributed by atoms with E-state index in [0.29, 0.717) is 13.1 Å². The second kappa shape index (κ2) is 5.13. The third kappa shape index (κ3) is 2.73. The second-order valence-corrected chi connectivity index (χ2v) is 4.41. The van der Waals surface area contributed by atoms with Crippen LogP contribution in [0.3, 0.4) is 0 Å². The van der Waals surface area contributed by atoms with Crippen LogP contribution in [0.5, 0.6) is 0 Å². The van der Waals surface area contributed by atoms with Crippen molar-refractivity contribution in [1.82, 2.24) is 5.06 Å². The van der Waals surface area contributed by atoms with Gasteiger partial charge in [-0.25, -0.2) is 0 Å². The number of allylic oxidation sites excluding steroid dienone is 1. The minimum Gasteiger partial charge on any atom is -0.314 e. The molecule has 1 fully saturated rings. The minimum absolute atomic E-state index is 0.617. The van der Waals surface area contributed by atoms with Crippen LogP contribution in [0.1, 0.15) is 24.0 Å². The molecule has 1 aromatic carbocycles. The molecule has 2 rings (SSSR count). The SMILES string of the molecule is Cc1cccc(C(C#N)=C2CCN(O)CC2)c1. The van der Waals surface area contributed by atoms with Crippen molar-refractivity contribution in [1.29, 1.82) is 5.26 Å². The van der Waals surface area contributed by atoms with E-state index in [2.05, 4.69) is 6.07 Å². The number of aryl methyl sites for hydroxylation is 1. The second-order valence-electron chi connectivity index (χ2n) is 4.41. The molecule has 1 N–H and O–H groups in total. The van der Waals surface area contributed by atoms with Gasteiger partial charge in [0.2, 0.25) is 0 Å². The van der Waals surface area contributed by atoms with E-state index in [-0.39, 0.29) is 0 Å². The molecule has 0 aromatic heterocycles. The molecule has 1 aliphatic heterocycles. The molecule has 0 spiro atoms. The van der Waals surface area contributed by atoms with Crippen molar-refractivity contribution in [3.05, 3.63) is 41.0 Å². The summed E-state index contributed by atoms with van der Waals surface area (Å²) in [6, 6.07) is 10.3. The first-order valence-corrected chi connectivity index (χ1v) is 5.83. The zero-order chi connectivity index (χ0) is 12.3. The van der Waals surface area contributed by atoms with E-state index in [1.165, 1.54) is 5.06 Å². The lowest BCUT2D eigenvalue weighted by atomic mass is 9.94. The molecule has 0 bridgehead atoms. The molecule has 17 heavy (non-hydrogen) atoms. The van der Waals surface area contributed by atoms with E-state index in [1.807, 2.05) is 31.2 Å². The Kier molecular flexibility index (Phi) is 3.58. The number of hydroxylamine groups is 2. The lowest BCUT2D eigenvalue weighted by Gasteiger charge is -2.23. The Balaban J connectivity index is 2.34. The Bertz CT molecular complexity index is 475. The number of benzene rings is 1. The molecule has 3 heteroatoms. The highest BCUT2D eigenvalue weighted by molar-refractivity contribution is 5.79. The van der Waals surface area contributed by atoms with Gasteiger partial charge in [-0.05, 0) is 30.9 Å². The highest BCUT2D eigenvalue weighted by Gasteiger charge is 2.16. The van der Waals surface area contributed by atoms with Crippen molar-refractivity contribution in [2.45, 2.75) is 19.8 Å². The number of piperidine rings is 1. The lowest BCUT2D eigenvalue weighted by Crippen LogP contribution is -2.27. The summed E-state index contributed by atoms with van der Waals surface area (Å²) in [6.07, 6.45) is 1.54. The molecule has 0 amide bonds. The average Bonchev–Trinajstić information content (AvgIpc) is 2.33. The van der Waals surface area contributed by atoms with Crippen LogP contribution in [0, 0.1) is 18.3 Å². The standard InChI is InChI=1S/C14H16N2O/c1-11-3-2-4-13(9-11)14(10-15)12-5-7-16(17)8-6-12/h2-4,9,17H,5-8H2,1H3. The molecule has 1 heterocycles. The summed E-state index contributed by atoms with van der Waals surface area (Å²) in [4.78, 5) is 0. The quantitative estimate of drug-likeness (QED) is 0.752. The molecule has 1 aromatic rings. The largest absolute Gasteiger partial charge is 0.314 e. The van der Waals surface area contributed by atoms with Crippen LogP contribution in [0.15, 0.2) is 29.8 Å². The van der Waals surface area contributed by atoms with Crippen LogP contribution >= 0.6 is 0 Å². The molecule has 3 nitrogen and oxygen atoms in total. The zero-order valence-corrected chi connectivity index (χ0v) is 9.98. The van der Waals surface area contributed by atoms with Gasteiger partial charge in [-0.1, -0.05) is 29.8 Å². The topological polar surface area (TPSA) is 47.3 Å². The predicted octanol–water partition coefficient (Wildman–Crippen LogP) is 2.76. The van der Waals surface area contributed by atoms with Crippen molar-refractivity contribution >= 4 is 5.57 Å². The summed E-state index contributed by atoms with van der Waals surface area (Å²) in [5.41, 5.74) is 4.09. The molecule has 0 radical (unpaired) electrons. The van der Waals surface area contributed by atoms with Crippen LogP contribution < -0.4 is 0 Å². The molecular formula is C14H16N2O. The predicted molar refractivity (Wildman–Crippen MR) is 66.3 cm³/mol. The molecule has 88 valence electrons. The number of nitrogens with zero attached hydrogens (tertiary/aromatic N) is 2. The third-order valence-electron chi connectivity index (χ3n) is 3.12. The number of hydrogen-bond donors (Lipinski definition) is 1. The van der Waals surface area contributed by atoms with E-state index in [1.54, 1.807) is 0 Å². The fourth-order valence-electron chi connectivity index (χ4n) is 2.16. The number of rotatable bonds is 1.